The Bertz CT molecular complexity index is 1360. The molecule has 0 spiro atoms. The maximum Gasteiger partial charge on any atom is 0.268 e. The zero-order chi connectivity index (χ0) is 23.2. The van der Waals surface area contributed by atoms with Crippen molar-refractivity contribution in [2.75, 3.05) is 11.9 Å². The van der Waals surface area contributed by atoms with Crippen molar-refractivity contribution in [3.05, 3.63) is 65.3 Å². The molecule has 0 unspecified atom stereocenters. The molecule has 0 saturated heterocycles. The quantitative estimate of drug-likeness (QED) is 0.273. The van der Waals surface area contributed by atoms with Crippen LogP contribution in [0.25, 0.3) is 21.5 Å². The molecule has 0 aliphatic carbocycles. The second-order valence-corrected chi connectivity index (χ2v) is 8.16. The van der Waals surface area contributed by atoms with Gasteiger partial charge in [0.15, 0.2) is 0 Å². The highest BCUT2D eigenvalue weighted by molar-refractivity contribution is 7.17. The number of H-pyrrole nitrogens is 1. The molecule has 1 aromatic carbocycles. The normalized spacial score (nSPS) is 11.3. The molecular weight excluding hydrogens is 438 g/mol. The number of hydrogen-bond acceptors (Lipinski definition) is 6. The molecule has 3 aromatic heterocycles. The van der Waals surface area contributed by atoms with Gasteiger partial charge in [0.2, 0.25) is 5.95 Å². The number of hydrogen-bond donors (Lipinski definition) is 3. The standard InChI is InChI=1S/C23H21N7O2S/c1-2-5-15(12-24)21(31)25-10-11-30-18-7-4-3-6-17(18)28-23(30)29-22(32)20-9-8-19(33-20)16-13-26-27-14-16/h3-9,13-14H,2,10-11H2,1H3,(H,25,31)(H,26,27)(H,28,29,32)/b15-5+. The van der Waals surface area contributed by atoms with E-state index in [1.54, 1.807) is 24.5 Å². The average Bonchev–Trinajstić information content (AvgIpc) is 3.57. The van der Waals surface area contributed by atoms with Gasteiger partial charge in [0.25, 0.3) is 11.8 Å². The third-order valence-electron chi connectivity index (χ3n) is 4.89. The summed E-state index contributed by atoms with van der Waals surface area (Å²) in [5, 5.41) is 21.5. The number of aromatic amines is 1. The van der Waals surface area contributed by atoms with Gasteiger partial charge in [-0.05, 0) is 30.7 Å². The number of nitrogens with zero attached hydrogens (tertiary/aromatic N) is 4. The number of nitrogens with one attached hydrogen (secondary N) is 3. The van der Waals surface area contributed by atoms with E-state index in [1.807, 2.05) is 47.9 Å². The molecule has 0 atom stereocenters. The van der Waals surface area contributed by atoms with Crippen LogP contribution < -0.4 is 10.6 Å². The van der Waals surface area contributed by atoms with E-state index in [4.69, 9.17) is 5.26 Å². The average molecular weight is 460 g/mol. The number of benzene rings is 1. The van der Waals surface area contributed by atoms with Gasteiger partial charge >= 0.3 is 0 Å². The van der Waals surface area contributed by atoms with Crippen molar-refractivity contribution in [1.29, 1.82) is 5.26 Å². The fourth-order valence-electron chi connectivity index (χ4n) is 3.33. The minimum Gasteiger partial charge on any atom is -0.350 e. The van der Waals surface area contributed by atoms with Crippen molar-refractivity contribution in [2.45, 2.75) is 19.9 Å². The number of carbonyl (C=O) groups excluding carboxylic acids is 2. The zero-order valence-electron chi connectivity index (χ0n) is 17.8. The maximum atomic E-state index is 12.9. The lowest BCUT2D eigenvalue weighted by molar-refractivity contribution is -0.117. The van der Waals surface area contributed by atoms with E-state index in [0.29, 0.717) is 23.8 Å². The fourth-order valence-corrected chi connectivity index (χ4v) is 4.21. The molecule has 2 amide bonds. The van der Waals surface area contributed by atoms with Crippen LogP contribution in [0.2, 0.25) is 0 Å². The predicted octanol–water partition coefficient (Wildman–Crippen LogP) is 3.72. The number of thiophene rings is 1. The topological polar surface area (TPSA) is 128 Å². The van der Waals surface area contributed by atoms with Gasteiger partial charge in [-0.25, -0.2) is 4.98 Å². The Balaban J connectivity index is 1.51. The Morgan fingerprint density at radius 3 is 2.88 bits per heavy atom. The number of para-hydroxylation sites is 2. The van der Waals surface area contributed by atoms with Crippen LogP contribution in [0, 0.1) is 11.3 Å². The number of rotatable bonds is 8. The molecule has 0 aliphatic heterocycles. The minimum atomic E-state index is -0.417. The summed E-state index contributed by atoms with van der Waals surface area (Å²) in [6.45, 7) is 2.51. The molecule has 9 nitrogen and oxygen atoms in total. The molecule has 0 radical (unpaired) electrons. The first-order valence-corrected chi connectivity index (χ1v) is 11.2. The molecule has 0 aliphatic rings. The van der Waals surface area contributed by atoms with Crippen molar-refractivity contribution >= 4 is 40.1 Å². The van der Waals surface area contributed by atoms with E-state index in [2.05, 4.69) is 25.8 Å². The van der Waals surface area contributed by atoms with Gasteiger partial charge in [0.1, 0.15) is 11.6 Å². The summed E-state index contributed by atoms with van der Waals surface area (Å²) in [5.74, 6) is -0.300. The minimum absolute atomic E-state index is 0.0904. The second kappa shape index (κ2) is 9.93. The molecule has 4 aromatic rings. The molecule has 10 heteroatoms. The number of allylic oxidation sites excluding steroid dienone is 1. The fraction of sp³-hybridized carbons (Fsp3) is 0.174. The Labute approximate surface area is 193 Å². The third kappa shape index (κ3) is 4.83. The van der Waals surface area contributed by atoms with Gasteiger partial charge in [-0.1, -0.05) is 25.1 Å². The van der Waals surface area contributed by atoms with E-state index in [0.717, 1.165) is 21.5 Å². The van der Waals surface area contributed by atoms with Crippen LogP contribution in [0.1, 0.15) is 23.0 Å². The van der Waals surface area contributed by atoms with Gasteiger partial charge in [-0.15, -0.1) is 11.3 Å². The molecule has 3 N–H and O–H groups in total. The number of nitriles is 1. The summed E-state index contributed by atoms with van der Waals surface area (Å²) in [7, 11) is 0. The van der Waals surface area contributed by atoms with Crippen molar-refractivity contribution in [3.8, 4) is 16.5 Å². The lowest BCUT2D eigenvalue weighted by Gasteiger charge is -2.10. The highest BCUT2D eigenvalue weighted by atomic mass is 32.1. The number of fused-ring (bicyclic) bond motifs is 1. The Morgan fingerprint density at radius 2 is 2.12 bits per heavy atom. The van der Waals surface area contributed by atoms with E-state index in [1.165, 1.54) is 11.3 Å². The summed E-state index contributed by atoms with van der Waals surface area (Å²) in [6.07, 6.45) is 5.67. The Hall–Kier alpha value is -4.23. The van der Waals surface area contributed by atoms with Crippen molar-refractivity contribution in [2.24, 2.45) is 0 Å². The summed E-state index contributed by atoms with van der Waals surface area (Å²) in [5.41, 5.74) is 2.56. The largest absolute Gasteiger partial charge is 0.350 e. The molecule has 0 bridgehead atoms. The maximum absolute atomic E-state index is 12.9. The first kappa shape index (κ1) is 22.0. The molecule has 0 fully saturated rings. The van der Waals surface area contributed by atoms with Gasteiger partial charge in [0.05, 0.1) is 22.1 Å². The number of carbonyl (C=O) groups is 2. The number of aromatic nitrogens is 4. The van der Waals surface area contributed by atoms with Gasteiger partial charge in [-0.3, -0.25) is 20.0 Å². The monoisotopic (exact) mass is 459 g/mol. The highest BCUT2D eigenvalue weighted by Crippen LogP contribution is 2.28. The summed E-state index contributed by atoms with van der Waals surface area (Å²) in [4.78, 5) is 31.1. The van der Waals surface area contributed by atoms with Crippen LogP contribution in [-0.2, 0) is 11.3 Å². The molecule has 3 heterocycles. The van der Waals surface area contributed by atoms with Gasteiger partial charge in [-0.2, -0.15) is 10.4 Å². The van der Waals surface area contributed by atoms with Crippen LogP contribution in [0.4, 0.5) is 5.95 Å². The highest BCUT2D eigenvalue weighted by Gasteiger charge is 2.17. The summed E-state index contributed by atoms with van der Waals surface area (Å²) < 4.78 is 1.84. The number of anilines is 1. The lowest BCUT2D eigenvalue weighted by Crippen LogP contribution is -2.28. The first-order chi connectivity index (χ1) is 16.1. The number of amides is 2. The molecule has 166 valence electrons. The van der Waals surface area contributed by atoms with E-state index >= 15 is 0 Å². The molecule has 4 rings (SSSR count). The summed E-state index contributed by atoms with van der Waals surface area (Å²) in [6, 6.07) is 13.1. The van der Waals surface area contributed by atoms with E-state index < -0.39 is 5.91 Å². The van der Waals surface area contributed by atoms with Crippen LogP contribution in [0.3, 0.4) is 0 Å². The second-order valence-electron chi connectivity index (χ2n) is 7.07. The van der Waals surface area contributed by atoms with Crippen molar-refractivity contribution in [1.82, 2.24) is 25.1 Å². The van der Waals surface area contributed by atoms with E-state index in [9.17, 15) is 9.59 Å². The van der Waals surface area contributed by atoms with Gasteiger partial charge in [0, 0.05) is 29.7 Å². The van der Waals surface area contributed by atoms with Crippen molar-refractivity contribution in [3.63, 3.8) is 0 Å². The van der Waals surface area contributed by atoms with Crippen LogP contribution in [-0.4, -0.2) is 38.1 Å². The SMILES string of the molecule is CC/C=C(\C#N)C(=O)NCCn1c(NC(=O)c2ccc(-c3cn[nH]c3)s2)nc2ccccc21. The van der Waals surface area contributed by atoms with Crippen molar-refractivity contribution < 1.29 is 9.59 Å². The predicted molar refractivity (Wildman–Crippen MR) is 127 cm³/mol. The molecule has 33 heavy (non-hydrogen) atoms. The van der Waals surface area contributed by atoms with Crippen LogP contribution in [0.15, 0.2) is 60.4 Å². The molecule has 0 saturated carbocycles. The first-order valence-electron chi connectivity index (χ1n) is 10.3. The third-order valence-corrected chi connectivity index (χ3v) is 6.02. The number of imidazole rings is 1. The Kier molecular flexibility index (Phi) is 6.61. The summed E-state index contributed by atoms with van der Waals surface area (Å²) >= 11 is 1.36. The van der Waals surface area contributed by atoms with E-state index in [-0.39, 0.29) is 18.0 Å². The zero-order valence-corrected chi connectivity index (χ0v) is 18.6. The van der Waals surface area contributed by atoms with Crippen LogP contribution >= 0.6 is 11.3 Å². The van der Waals surface area contributed by atoms with Crippen LogP contribution in [0.5, 0.6) is 0 Å². The lowest BCUT2D eigenvalue weighted by atomic mass is 10.2. The molecular formula is C23H21N7O2S. The smallest absolute Gasteiger partial charge is 0.268 e. The Morgan fingerprint density at radius 1 is 1.27 bits per heavy atom. The van der Waals surface area contributed by atoms with Gasteiger partial charge < -0.3 is 9.88 Å².